The maximum Gasteiger partial charge on any atom is 0.259 e. The minimum absolute atomic E-state index is 0.209. The maximum absolute atomic E-state index is 13.8. The van der Waals surface area contributed by atoms with Gasteiger partial charge < -0.3 is 0 Å². The van der Waals surface area contributed by atoms with E-state index in [9.17, 15) is 9.18 Å². The second-order valence-electron chi connectivity index (χ2n) is 7.32. The van der Waals surface area contributed by atoms with Gasteiger partial charge in [0.15, 0.2) is 0 Å². The number of rotatable bonds is 1. The quantitative estimate of drug-likeness (QED) is 0.320. The molecule has 1 aliphatic rings. The fourth-order valence-electron chi connectivity index (χ4n) is 3.60. The van der Waals surface area contributed by atoms with Gasteiger partial charge >= 0.3 is 0 Å². The van der Waals surface area contributed by atoms with Crippen molar-refractivity contribution in [3.05, 3.63) is 67.6 Å². The molecule has 0 N–H and O–H groups in total. The lowest BCUT2D eigenvalue weighted by molar-refractivity contribution is 0.0961. The molecule has 0 saturated carbocycles. The van der Waals surface area contributed by atoms with Crippen molar-refractivity contribution in [3.63, 3.8) is 0 Å². The predicted molar refractivity (Wildman–Crippen MR) is 114 cm³/mol. The molecule has 0 atom stereocenters. The molecule has 6 heteroatoms. The number of anilines is 1. The number of nitrogens with zero attached hydrogens (tertiary/aromatic N) is 1. The standard InChI is InChI=1S/C21H18FNOS3/c1-11-8-15-16(9-12(11)2)23(19(24)13-6-5-7-14(22)10-13)21(3,4)18-17(15)20(25)27-26-18/h5-10H,1-4H3. The number of amides is 1. The Kier molecular flexibility index (Phi) is 4.33. The Balaban J connectivity index is 2.02. The lowest BCUT2D eigenvalue weighted by atomic mass is 9.85. The summed E-state index contributed by atoms with van der Waals surface area (Å²) in [5, 5.41) is 0. The van der Waals surface area contributed by atoms with Gasteiger partial charge in [-0.3, -0.25) is 9.69 Å². The van der Waals surface area contributed by atoms with Gasteiger partial charge in [-0.15, -0.1) is 0 Å². The van der Waals surface area contributed by atoms with Gasteiger partial charge in [-0.05, 0) is 69.2 Å². The van der Waals surface area contributed by atoms with Crippen molar-refractivity contribution in [1.82, 2.24) is 0 Å². The number of carbonyl (C=O) groups excluding carboxylic acids is 1. The highest BCUT2D eigenvalue weighted by Crippen LogP contribution is 2.53. The SMILES string of the molecule is Cc1cc2c(cc1C)N(C(=O)c1cccc(F)c1)C(C)(C)c1ssc(=S)c1-2. The smallest absolute Gasteiger partial charge is 0.259 e. The van der Waals surface area contributed by atoms with Gasteiger partial charge in [-0.2, -0.15) is 0 Å². The Morgan fingerprint density at radius 2 is 1.81 bits per heavy atom. The minimum Gasteiger partial charge on any atom is -0.297 e. The highest BCUT2D eigenvalue weighted by molar-refractivity contribution is 7.80. The topological polar surface area (TPSA) is 20.3 Å². The second kappa shape index (κ2) is 6.33. The number of hydrogen-bond donors (Lipinski definition) is 0. The molecular weight excluding hydrogens is 397 g/mol. The molecule has 2 nitrogen and oxygen atoms in total. The molecule has 1 aromatic heterocycles. The second-order valence-corrected chi connectivity index (χ2v) is 10.1. The average molecular weight is 416 g/mol. The predicted octanol–water partition coefficient (Wildman–Crippen LogP) is 6.86. The van der Waals surface area contributed by atoms with E-state index in [1.807, 2.05) is 26.8 Å². The van der Waals surface area contributed by atoms with Crippen molar-refractivity contribution >= 4 is 44.5 Å². The third kappa shape index (κ3) is 2.78. The van der Waals surface area contributed by atoms with E-state index >= 15 is 0 Å². The number of hydrogen-bond acceptors (Lipinski definition) is 4. The first kappa shape index (κ1) is 18.5. The molecule has 2 aromatic carbocycles. The van der Waals surface area contributed by atoms with Crippen LogP contribution in [-0.4, -0.2) is 5.91 Å². The van der Waals surface area contributed by atoms with Crippen LogP contribution in [0, 0.1) is 23.5 Å². The number of benzene rings is 2. The van der Waals surface area contributed by atoms with Crippen molar-refractivity contribution in [2.24, 2.45) is 0 Å². The van der Waals surface area contributed by atoms with Crippen molar-refractivity contribution in [2.75, 3.05) is 4.90 Å². The zero-order valence-electron chi connectivity index (χ0n) is 15.4. The summed E-state index contributed by atoms with van der Waals surface area (Å²) in [5.74, 6) is -0.623. The molecule has 0 fully saturated rings. The zero-order valence-corrected chi connectivity index (χ0v) is 17.9. The third-order valence-electron chi connectivity index (χ3n) is 5.14. The lowest BCUT2D eigenvalue weighted by Crippen LogP contribution is -2.47. The molecule has 3 aromatic rings. The van der Waals surface area contributed by atoms with Crippen LogP contribution in [0.5, 0.6) is 0 Å². The first-order chi connectivity index (χ1) is 12.7. The van der Waals surface area contributed by atoms with Gasteiger partial charge in [-0.25, -0.2) is 4.39 Å². The van der Waals surface area contributed by atoms with Crippen LogP contribution < -0.4 is 4.90 Å². The lowest BCUT2D eigenvalue weighted by Gasteiger charge is -2.43. The van der Waals surface area contributed by atoms with Gasteiger partial charge in [-0.1, -0.05) is 39.0 Å². The summed E-state index contributed by atoms with van der Waals surface area (Å²) in [6.07, 6.45) is 0. The number of carbonyl (C=O) groups is 1. The van der Waals surface area contributed by atoms with Crippen molar-refractivity contribution in [3.8, 4) is 11.1 Å². The van der Waals surface area contributed by atoms with Crippen LogP contribution in [0.4, 0.5) is 10.1 Å². The summed E-state index contributed by atoms with van der Waals surface area (Å²) >= 11 is 5.62. The molecule has 0 spiro atoms. The molecule has 27 heavy (non-hydrogen) atoms. The van der Waals surface area contributed by atoms with Gasteiger partial charge in [0.1, 0.15) is 9.64 Å². The van der Waals surface area contributed by atoms with E-state index < -0.39 is 11.4 Å². The van der Waals surface area contributed by atoms with Crippen LogP contribution in [0.1, 0.15) is 40.2 Å². The Morgan fingerprint density at radius 3 is 2.52 bits per heavy atom. The van der Waals surface area contributed by atoms with E-state index in [1.54, 1.807) is 37.7 Å². The van der Waals surface area contributed by atoms with Gasteiger partial charge in [0.25, 0.3) is 5.91 Å². The molecule has 0 unspecified atom stereocenters. The summed E-state index contributed by atoms with van der Waals surface area (Å²) in [6, 6.07) is 10.0. The number of halogens is 1. The monoisotopic (exact) mass is 415 g/mol. The van der Waals surface area contributed by atoms with Crippen LogP contribution >= 0.6 is 32.9 Å². The van der Waals surface area contributed by atoms with Crippen molar-refractivity contribution in [2.45, 2.75) is 33.2 Å². The summed E-state index contributed by atoms with van der Waals surface area (Å²) in [7, 11) is 3.19. The van der Waals surface area contributed by atoms with E-state index in [1.165, 1.54) is 12.1 Å². The molecule has 0 aliphatic carbocycles. The van der Waals surface area contributed by atoms with Crippen LogP contribution in [0.2, 0.25) is 0 Å². The van der Waals surface area contributed by atoms with Crippen molar-refractivity contribution < 1.29 is 9.18 Å². The largest absolute Gasteiger partial charge is 0.297 e. The Morgan fingerprint density at radius 1 is 1.11 bits per heavy atom. The average Bonchev–Trinajstić information content (AvgIpc) is 3.00. The summed E-state index contributed by atoms with van der Waals surface area (Å²) in [5.41, 5.74) is 4.91. The molecular formula is C21H18FNOS3. The molecule has 138 valence electrons. The van der Waals surface area contributed by atoms with Crippen LogP contribution in [0.25, 0.3) is 11.1 Å². The fourth-order valence-corrected chi connectivity index (χ4v) is 6.88. The number of aryl methyl sites for hydroxylation is 2. The molecule has 2 heterocycles. The van der Waals surface area contributed by atoms with Crippen molar-refractivity contribution in [1.29, 1.82) is 0 Å². The summed E-state index contributed by atoms with van der Waals surface area (Å²) in [6.45, 7) is 8.15. The maximum atomic E-state index is 13.8. The molecule has 4 rings (SSSR count). The fraction of sp³-hybridized carbons (Fsp3) is 0.238. The van der Waals surface area contributed by atoms with E-state index in [2.05, 4.69) is 13.0 Å². The Labute approximate surface area is 170 Å². The van der Waals surface area contributed by atoms with E-state index in [0.717, 1.165) is 36.6 Å². The highest BCUT2D eigenvalue weighted by atomic mass is 32.9. The van der Waals surface area contributed by atoms with Gasteiger partial charge in [0, 0.05) is 16.7 Å². The van der Waals surface area contributed by atoms with Gasteiger partial charge in [0.05, 0.1) is 16.1 Å². The molecule has 0 saturated heterocycles. The minimum atomic E-state index is -0.578. The summed E-state index contributed by atoms with van der Waals surface area (Å²) in [4.78, 5) is 16.4. The molecule has 1 aliphatic heterocycles. The normalized spacial score (nSPS) is 14.6. The van der Waals surface area contributed by atoms with Gasteiger partial charge in [0.2, 0.25) is 0 Å². The third-order valence-corrected chi connectivity index (χ3v) is 8.47. The number of fused-ring (bicyclic) bond motifs is 3. The molecule has 0 bridgehead atoms. The Hall–Kier alpha value is -1.89. The van der Waals surface area contributed by atoms with Crippen LogP contribution in [-0.2, 0) is 5.54 Å². The van der Waals surface area contributed by atoms with E-state index in [4.69, 9.17) is 12.2 Å². The Bertz CT molecular complexity index is 1140. The molecule has 0 radical (unpaired) electrons. The van der Waals surface area contributed by atoms with Crippen LogP contribution in [0.15, 0.2) is 36.4 Å². The van der Waals surface area contributed by atoms with Crippen LogP contribution in [0.3, 0.4) is 0 Å². The first-order valence-electron chi connectivity index (χ1n) is 8.57. The zero-order chi connectivity index (χ0) is 19.5. The van der Waals surface area contributed by atoms with E-state index in [0.29, 0.717) is 5.56 Å². The first-order valence-corrected chi connectivity index (χ1v) is 11.1. The van der Waals surface area contributed by atoms with E-state index in [-0.39, 0.29) is 5.91 Å². The highest BCUT2D eigenvalue weighted by Gasteiger charge is 2.43. The summed E-state index contributed by atoms with van der Waals surface area (Å²) < 4.78 is 14.6. The molecule has 1 amide bonds.